The number of halogens is 2. The first-order valence-electron chi connectivity index (χ1n) is 5.86. The van der Waals surface area contributed by atoms with Crippen molar-refractivity contribution in [1.29, 1.82) is 0 Å². The van der Waals surface area contributed by atoms with Crippen LogP contribution < -0.4 is 10.6 Å². The summed E-state index contributed by atoms with van der Waals surface area (Å²) in [7, 11) is 1.82. The molecule has 0 aliphatic carbocycles. The zero-order valence-corrected chi connectivity index (χ0v) is 12.3. The number of benzene rings is 1. The Bertz CT molecular complexity index is 423. The molecule has 0 spiro atoms. The van der Waals surface area contributed by atoms with Gasteiger partial charge in [0.25, 0.3) is 0 Å². The summed E-state index contributed by atoms with van der Waals surface area (Å²) in [5.41, 5.74) is 0.828. The number of carbonyl (C=O) groups excluding carboxylic acids is 1. The quantitative estimate of drug-likeness (QED) is 0.874. The van der Waals surface area contributed by atoms with Gasteiger partial charge in [-0.2, -0.15) is 0 Å². The second-order valence-corrected chi connectivity index (χ2v) is 5.12. The third-order valence-corrected chi connectivity index (χ3v) is 3.60. The van der Waals surface area contributed by atoms with Crippen molar-refractivity contribution in [3.8, 4) is 0 Å². The van der Waals surface area contributed by atoms with Gasteiger partial charge in [-0.15, -0.1) is 0 Å². The maximum absolute atomic E-state index is 11.9. The van der Waals surface area contributed by atoms with Gasteiger partial charge in [0, 0.05) is 12.5 Å². The van der Waals surface area contributed by atoms with Crippen molar-refractivity contribution < 1.29 is 4.79 Å². The van der Waals surface area contributed by atoms with Crippen molar-refractivity contribution >= 4 is 29.1 Å². The molecule has 2 N–H and O–H groups in total. The third kappa shape index (κ3) is 3.87. The molecule has 100 valence electrons. The largest absolute Gasteiger partial charge is 0.349 e. The monoisotopic (exact) mass is 288 g/mol. The van der Waals surface area contributed by atoms with E-state index in [1.54, 1.807) is 6.07 Å². The molecule has 0 saturated carbocycles. The van der Waals surface area contributed by atoms with E-state index in [1.807, 2.05) is 33.0 Å². The van der Waals surface area contributed by atoms with Crippen LogP contribution in [0, 0.1) is 5.92 Å². The summed E-state index contributed by atoms with van der Waals surface area (Å²) >= 11 is 12.1. The van der Waals surface area contributed by atoms with Gasteiger partial charge in [-0.1, -0.05) is 42.3 Å². The normalized spacial score (nSPS) is 14.1. The summed E-state index contributed by atoms with van der Waals surface area (Å²) in [4.78, 5) is 11.9. The van der Waals surface area contributed by atoms with Gasteiger partial charge in [-0.3, -0.25) is 4.79 Å². The Labute approximate surface area is 118 Å². The van der Waals surface area contributed by atoms with Gasteiger partial charge in [0.15, 0.2) is 0 Å². The fraction of sp³-hybridized carbons (Fsp3) is 0.462. The number of carbonyl (C=O) groups is 1. The fourth-order valence-electron chi connectivity index (χ4n) is 1.69. The Morgan fingerprint density at radius 3 is 2.61 bits per heavy atom. The molecule has 5 heteroatoms. The molecule has 0 aliphatic heterocycles. The zero-order valence-electron chi connectivity index (χ0n) is 10.8. The van der Waals surface area contributed by atoms with E-state index < -0.39 is 0 Å². The highest BCUT2D eigenvalue weighted by molar-refractivity contribution is 6.42. The summed E-state index contributed by atoms with van der Waals surface area (Å²) in [5.74, 6) is -0.0942. The van der Waals surface area contributed by atoms with Crippen molar-refractivity contribution in [2.45, 2.75) is 19.9 Å². The van der Waals surface area contributed by atoms with Crippen molar-refractivity contribution in [3.05, 3.63) is 33.8 Å². The third-order valence-electron chi connectivity index (χ3n) is 2.76. The zero-order chi connectivity index (χ0) is 13.7. The van der Waals surface area contributed by atoms with Crippen molar-refractivity contribution in [3.63, 3.8) is 0 Å². The Morgan fingerprint density at radius 1 is 1.33 bits per heavy atom. The SMILES string of the molecule is CNCC(C)C(=O)NC(C)c1cccc(Cl)c1Cl. The van der Waals surface area contributed by atoms with Crippen LogP contribution >= 0.6 is 23.2 Å². The molecule has 1 amide bonds. The van der Waals surface area contributed by atoms with E-state index in [0.717, 1.165) is 5.56 Å². The Morgan fingerprint density at radius 2 is 2.00 bits per heavy atom. The van der Waals surface area contributed by atoms with Crippen LogP contribution in [0.25, 0.3) is 0 Å². The molecule has 2 unspecified atom stereocenters. The molecular formula is C13H18Cl2N2O. The average Bonchev–Trinajstić information content (AvgIpc) is 2.32. The molecule has 0 bridgehead atoms. The van der Waals surface area contributed by atoms with E-state index in [4.69, 9.17) is 23.2 Å². The van der Waals surface area contributed by atoms with Crippen molar-refractivity contribution in [2.75, 3.05) is 13.6 Å². The van der Waals surface area contributed by atoms with E-state index >= 15 is 0 Å². The second-order valence-electron chi connectivity index (χ2n) is 4.33. The molecule has 3 nitrogen and oxygen atoms in total. The lowest BCUT2D eigenvalue weighted by Gasteiger charge is -2.19. The van der Waals surface area contributed by atoms with Crippen LogP contribution in [-0.2, 0) is 4.79 Å². The van der Waals surface area contributed by atoms with Crippen LogP contribution in [0.4, 0.5) is 0 Å². The van der Waals surface area contributed by atoms with Crippen LogP contribution in [-0.4, -0.2) is 19.5 Å². The summed E-state index contributed by atoms with van der Waals surface area (Å²) in [6.45, 7) is 4.40. The molecule has 0 saturated heterocycles. The van der Waals surface area contributed by atoms with Crippen LogP contribution in [0.1, 0.15) is 25.5 Å². The Hall–Kier alpha value is -0.770. The molecule has 0 heterocycles. The van der Waals surface area contributed by atoms with Crippen LogP contribution in [0.5, 0.6) is 0 Å². The standard InChI is InChI=1S/C13H18Cl2N2O/c1-8(7-16-3)13(18)17-9(2)10-5-4-6-11(14)12(10)15/h4-6,8-9,16H,7H2,1-3H3,(H,17,18). The molecule has 1 rings (SSSR count). The highest BCUT2D eigenvalue weighted by Crippen LogP contribution is 2.29. The van der Waals surface area contributed by atoms with E-state index in [-0.39, 0.29) is 17.9 Å². The smallest absolute Gasteiger partial charge is 0.224 e. The lowest BCUT2D eigenvalue weighted by molar-refractivity contribution is -0.125. The van der Waals surface area contributed by atoms with Crippen molar-refractivity contribution in [2.24, 2.45) is 5.92 Å². The van der Waals surface area contributed by atoms with Gasteiger partial charge in [-0.05, 0) is 25.6 Å². The van der Waals surface area contributed by atoms with Crippen LogP contribution in [0.15, 0.2) is 18.2 Å². The Kier molecular flexibility index (Phi) is 5.93. The molecule has 2 atom stereocenters. The minimum absolute atomic E-state index is 0.00658. The highest BCUT2D eigenvalue weighted by Gasteiger charge is 2.17. The first-order valence-corrected chi connectivity index (χ1v) is 6.61. The Balaban J connectivity index is 2.73. The molecule has 1 aromatic rings. The molecule has 18 heavy (non-hydrogen) atoms. The van der Waals surface area contributed by atoms with Crippen LogP contribution in [0.2, 0.25) is 10.0 Å². The van der Waals surface area contributed by atoms with Gasteiger partial charge in [-0.25, -0.2) is 0 Å². The maximum atomic E-state index is 11.9. The molecule has 0 aliphatic rings. The fourth-order valence-corrected chi connectivity index (χ4v) is 2.16. The first kappa shape index (κ1) is 15.3. The van der Waals surface area contributed by atoms with Gasteiger partial charge in [0.05, 0.1) is 16.1 Å². The lowest BCUT2D eigenvalue weighted by Crippen LogP contribution is -2.35. The summed E-state index contributed by atoms with van der Waals surface area (Å²) in [5, 5.41) is 6.89. The second kappa shape index (κ2) is 6.98. The van der Waals surface area contributed by atoms with Crippen molar-refractivity contribution in [1.82, 2.24) is 10.6 Å². The topological polar surface area (TPSA) is 41.1 Å². The van der Waals surface area contributed by atoms with E-state index in [9.17, 15) is 4.79 Å². The summed E-state index contributed by atoms with van der Waals surface area (Å²) < 4.78 is 0. The first-order chi connectivity index (χ1) is 8.47. The lowest BCUT2D eigenvalue weighted by atomic mass is 10.1. The average molecular weight is 289 g/mol. The highest BCUT2D eigenvalue weighted by atomic mass is 35.5. The summed E-state index contributed by atoms with van der Waals surface area (Å²) in [6.07, 6.45) is 0. The van der Waals surface area contributed by atoms with E-state index in [1.165, 1.54) is 0 Å². The molecule has 1 aromatic carbocycles. The summed E-state index contributed by atoms with van der Waals surface area (Å²) in [6, 6.07) is 5.25. The van der Waals surface area contributed by atoms with Gasteiger partial charge in [0.1, 0.15) is 0 Å². The number of nitrogens with one attached hydrogen (secondary N) is 2. The number of rotatable bonds is 5. The minimum atomic E-state index is -0.164. The number of hydrogen-bond acceptors (Lipinski definition) is 2. The maximum Gasteiger partial charge on any atom is 0.224 e. The van der Waals surface area contributed by atoms with E-state index in [2.05, 4.69) is 10.6 Å². The number of hydrogen-bond donors (Lipinski definition) is 2. The molecule has 0 radical (unpaired) electrons. The predicted molar refractivity (Wildman–Crippen MR) is 76.1 cm³/mol. The van der Waals surface area contributed by atoms with E-state index in [0.29, 0.717) is 16.6 Å². The predicted octanol–water partition coefficient (Wildman–Crippen LogP) is 3.03. The molecule has 0 aromatic heterocycles. The minimum Gasteiger partial charge on any atom is -0.349 e. The van der Waals surface area contributed by atoms with Crippen LogP contribution in [0.3, 0.4) is 0 Å². The molecule has 0 fully saturated rings. The van der Waals surface area contributed by atoms with Gasteiger partial charge < -0.3 is 10.6 Å². The number of amides is 1. The van der Waals surface area contributed by atoms with Gasteiger partial charge in [0.2, 0.25) is 5.91 Å². The van der Waals surface area contributed by atoms with Gasteiger partial charge >= 0.3 is 0 Å². The molecular weight excluding hydrogens is 271 g/mol.